The van der Waals surface area contributed by atoms with Gasteiger partial charge in [-0.2, -0.15) is 0 Å². The van der Waals surface area contributed by atoms with Crippen molar-refractivity contribution < 1.29 is 14.0 Å². The van der Waals surface area contributed by atoms with Crippen molar-refractivity contribution in [3.8, 4) is 0 Å². The average Bonchev–Trinajstić information content (AvgIpc) is 2.59. The first kappa shape index (κ1) is 19.4. The van der Waals surface area contributed by atoms with Crippen LogP contribution in [0.25, 0.3) is 6.08 Å². The van der Waals surface area contributed by atoms with Gasteiger partial charge in [0, 0.05) is 30.7 Å². The summed E-state index contributed by atoms with van der Waals surface area (Å²) in [6.45, 7) is 4.10. The van der Waals surface area contributed by atoms with Gasteiger partial charge in [-0.3, -0.25) is 9.59 Å². The molecule has 25 heavy (non-hydrogen) atoms. The summed E-state index contributed by atoms with van der Waals surface area (Å²) < 4.78 is 13.2. The predicted molar refractivity (Wildman–Crippen MR) is 96.7 cm³/mol. The molecule has 0 atom stereocenters. The summed E-state index contributed by atoms with van der Waals surface area (Å²) in [6.07, 6.45) is 5.70. The van der Waals surface area contributed by atoms with Crippen LogP contribution in [0.1, 0.15) is 18.4 Å². The zero-order valence-electron chi connectivity index (χ0n) is 14.0. The first-order valence-electron chi connectivity index (χ1n) is 8.38. The number of amides is 2. The molecule has 0 unspecified atom stereocenters. The number of halogens is 2. The third-order valence-corrected chi connectivity index (χ3v) is 4.46. The smallest absolute Gasteiger partial charge is 0.244 e. The Balaban J connectivity index is 1.68. The van der Waals surface area contributed by atoms with E-state index in [1.54, 1.807) is 12.1 Å². The molecule has 1 aromatic carbocycles. The van der Waals surface area contributed by atoms with Gasteiger partial charge in [-0.25, -0.2) is 4.39 Å². The molecule has 1 aliphatic heterocycles. The van der Waals surface area contributed by atoms with Crippen molar-refractivity contribution in [3.05, 3.63) is 40.7 Å². The molecule has 1 aliphatic rings. The van der Waals surface area contributed by atoms with E-state index in [9.17, 15) is 14.0 Å². The number of likely N-dealkylation sites (tertiary alicyclic amines) is 1. The molecule has 7 heteroatoms. The molecule has 1 aromatic rings. The quantitative estimate of drug-likeness (QED) is 0.420. The highest BCUT2D eigenvalue weighted by molar-refractivity contribution is 6.30. The van der Waals surface area contributed by atoms with Crippen LogP contribution in [-0.2, 0) is 9.59 Å². The molecule has 1 fully saturated rings. The summed E-state index contributed by atoms with van der Waals surface area (Å²) in [7, 11) is 0. The monoisotopic (exact) mass is 367 g/mol. The van der Waals surface area contributed by atoms with Crippen LogP contribution in [0.15, 0.2) is 24.3 Å². The van der Waals surface area contributed by atoms with Gasteiger partial charge in [0.1, 0.15) is 5.82 Å². The van der Waals surface area contributed by atoms with E-state index in [1.807, 2.05) is 0 Å². The lowest BCUT2D eigenvalue weighted by molar-refractivity contribution is -0.116. The molecule has 1 heterocycles. The van der Waals surface area contributed by atoms with Crippen LogP contribution in [0.3, 0.4) is 0 Å². The van der Waals surface area contributed by atoms with E-state index >= 15 is 0 Å². The van der Waals surface area contributed by atoms with Crippen molar-refractivity contribution in [2.45, 2.75) is 12.8 Å². The third-order valence-electron chi connectivity index (χ3n) is 4.24. The molecule has 5 nitrogen and oxygen atoms in total. The van der Waals surface area contributed by atoms with Gasteiger partial charge in [-0.15, -0.1) is 0 Å². The maximum Gasteiger partial charge on any atom is 0.244 e. The second-order valence-electron chi connectivity index (χ2n) is 6.14. The average molecular weight is 368 g/mol. The summed E-state index contributed by atoms with van der Waals surface area (Å²) in [5.41, 5.74) is 0.553. The maximum atomic E-state index is 13.2. The summed E-state index contributed by atoms with van der Waals surface area (Å²) in [5, 5.41) is 5.85. The largest absolute Gasteiger partial charge is 0.357 e. The Bertz CT molecular complexity index is 596. The number of benzene rings is 1. The Labute approximate surface area is 152 Å². The van der Waals surface area contributed by atoms with Gasteiger partial charge in [-0.1, -0.05) is 11.6 Å². The van der Waals surface area contributed by atoms with E-state index in [2.05, 4.69) is 15.5 Å². The lowest BCUT2D eigenvalue weighted by Gasteiger charge is -2.31. The van der Waals surface area contributed by atoms with E-state index < -0.39 is 5.82 Å². The molecule has 2 rings (SSSR count). The molecule has 0 aliphatic carbocycles. The molecule has 0 aromatic heterocycles. The van der Waals surface area contributed by atoms with Gasteiger partial charge >= 0.3 is 0 Å². The Kier molecular flexibility index (Phi) is 7.88. The molecule has 136 valence electrons. The molecular formula is C18H23ClFN3O2. The number of nitrogens with zero attached hydrogens (tertiary/aromatic N) is 1. The Morgan fingerprint density at radius 2 is 2.08 bits per heavy atom. The fraction of sp³-hybridized carbons (Fsp3) is 0.444. The number of carbonyl (C=O) groups is 2. The van der Waals surface area contributed by atoms with Crippen LogP contribution in [0, 0.1) is 11.7 Å². The van der Waals surface area contributed by atoms with Gasteiger partial charge in [0.05, 0.1) is 0 Å². The van der Waals surface area contributed by atoms with Gasteiger partial charge in [0.25, 0.3) is 0 Å². The molecule has 0 spiro atoms. The summed E-state index contributed by atoms with van der Waals surface area (Å²) in [5.74, 6) is -0.170. The second-order valence-corrected chi connectivity index (χ2v) is 6.57. The van der Waals surface area contributed by atoms with Crippen LogP contribution in [0.4, 0.5) is 4.39 Å². The van der Waals surface area contributed by atoms with Crippen molar-refractivity contribution in [2.24, 2.45) is 5.92 Å². The van der Waals surface area contributed by atoms with E-state index in [-0.39, 0.29) is 5.91 Å². The van der Waals surface area contributed by atoms with E-state index in [1.165, 1.54) is 18.2 Å². The molecular weight excluding hydrogens is 345 g/mol. The summed E-state index contributed by atoms with van der Waals surface area (Å²) in [6, 6.07) is 4.15. The molecule has 2 N–H and O–H groups in total. The highest BCUT2D eigenvalue weighted by Gasteiger charge is 2.18. The fourth-order valence-electron chi connectivity index (χ4n) is 2.84. The standard InChI is InChI=1S/C18H23ClFN3O2/c19-16-9-15(10-17(20)11-16)1-2-18(25)22-12-14-3-6-23(7-4-14)8-5-21-13-24/h1-2,9-11,13-14H,3-8,12H2,(H,21,24)(H,22,25)/b2-1+. The summed E-state index contributed by atoms with van der Waals surface area (Å²) in [4.78, 5) is 24.4. The van der Waals surface area contributed by atoms with Crippen molar-refractivity contribution in [3.63, 3.8) is 0 Å². The van der Waals surface area contributed by atoms with Gasteiger partial charge in [-0.05, 0) is 61.7 Å². The highest BCUT2D eigenvalue weighted by Crippen LogP contribution is 2.16. The number of rotatable bonds is 8. The molecule has 2 amide bonds. The zero-order chi connectivity index (χ0) is 18.1. The van der Waals surface area contributed by atoms with Crippen LogP contribution < -0.4 is 10.6 Å². The minimum absolute atomic E-state index is 0.196. The van der Waals surface area contributed by atoms with Crippen molar-refractivity contribution in [1.82, 2.24) is 15.5 Å². The third kappa shape index (κ3) is 7.23. The number of hydrogen-bond donors (Lipinski definition) is 2. The zero-order valence-corrected chi connectivity index (χ0v) is 14.8. The Morgan fingerprint density at radius 3 is 2.76 bits per heavy atom. The van der Waals surface area contributed by atoms with Crippen LogP contribution >= 0.6 is 11.6 Å². The van der Waals surface area contributed by atoms with Crippen molar-refractivity contribution in [2.75, 3.05) is 32.7 Å². The number of nitrogens with one attached hydrogen (secondary N) is 2. The van der Waals surface area contributed by atoms with Crippen LogP contribution in [0.5, 0.6) is 0 Å². The van der Waals surface area contributed by atoms with Crippen LogP contribution in [-0.4, -0.2) is 49.9 Å². The van der Waals surface area contributed by atoms with E-state index in [0.717, 1.165) is 32.5 Å². The SMILES string of the molecule is O=CNCCN1CCC(CNC(=O)/C=C/c2cc(F)cc(Cl)c2)CC1. The minimum Gasteiger partial charge on any atom is -0.357 e. The molecule has 1 saturated heterocycles. The predicted octanol–water partition coefficient (Wildman–Crippen LogP) is 2.07. The van der Waals surface area contributed by atoms with Crippen molar-refractivity contribution >= 4 is 30.0 Å². The Hall–Kier alpha value is -1.92. The van der Waals surface area contributed by atoms with Crippen LogP contribution in [0.2, 0.25) is 5.02 Å². The number of piperidine rings is 1. The van der Waals surface area contributed by atoms with Gasteiger partial charge in [0.2, 0.25) is 12.3 Å². The maximum absolute atomic E-state index is 13.2. The lowest BCUT2D eigenvalue weighted by atomic mass is 9.97. The number of hydrogen-bond acceptors (Lipinski definition) is 3. The Morgan fingerprint density at radius 1 is 1.32 bits per heavy atom. The fourth-order valence-corrected chi connectivity index (χ4v) is 3.07. The first-order valence-corrected chi connectivity index (χ1v) is 8.76. The minimum atomic E-state index is -0.428. The van der Waals surface area contributed by atoms with Crippen molar-refractivity contribution in [1.29, 1.82) is 0 Å². The first-order chi connectivity index (χ1) is 12.1. The molecule has 0 saturated carbocycles. The van der Waals surface area contributed by atoms with Gasteiger partial charge < -0.3 is 15.5 Å². The second kappa shape index (κ2) is 10.2. The van der Waals surface area contributed by atoms with Gasteiger partial charge in [0.15, 0.2) is 0 Å². The highest BCUT2D eigenvalue weighted by atomic mass is 35.5. The summed E-state index contributed by atoms with van der Waals surface area (Å²) >= 11 is 5.78. The molecule has 0 bridgehead atoms. The van der Waals surface area contributed by atoms with E-state index in [4.69, 9.17) is 11.6 Å². The molecule has 0 radical (unpaired) electrons. The number of carbonyl (C=O) groups excluding carboxylic acids is 2. The lowest BCUT2D eigenvalue weighted by Crippen LogP contribution is -2.40. The normalized spacial score (nSPS) is 16.1. The topological polar surface area (TPSA) is 61.4 Å². The van der Waals surface area contributed by atoms with E-state index in [0.29, 0.717) is 36.0 Å².